The number of para-hydroxylation sites is 1. The Morgan fingerprint density at radius 3 is 3.03 bits per heavy atom. The molecular weight excluding hydrogens is 402 g/mol. The second-order valence-electron chi connectivity index (χ2n) is 7.21. The van der Waals surface area contributed by atoms with Crippen LogP contribution in [-0.4, -0.2) is 53.9 Å². The molecule has 1 aromatic carbocycles. The molecule has 1 atom stereocenters. The molecule has 0 bridgehead atoms. The van der Waals surface area contributed by atoms with Crippen LogP contribution in [0.5, 0.6) is 0 Å². The Balaban J connectivity index is 1.27. The highest BCUT2D eigenvalue weighted by atomic mass is 35.5. The summed E-state index contributed by atoms with van der Waals surface area (Å²) in [5.41, 5.74) is 1.09. The molecule has 0 radical (unpaired) electrons. The number of anilines is 1. The molecule has 1 aliphatic rings. The molecule has 1 fully saturated rings. The third-order valence-electron chi connectivity index (χ3n) is 5.11. The first kappa shape index (κ1) is 20.3. The number of benzene rings is 1. The van der Waals surface area contributed by atoms with Crippen LogP contribution in [0.3, 0.4) is 0 Å². The van der Waals surface area contributed by atoms with Crippen molar-refractivity contribution in [2.45, 2.75) is 25.3 Å². The van der Waals surface area contributed by atoms with Crippen LogP contribution in [0.25, 0.3) is 11.6 Å². The van der Waals surface area contributed by atoms with Crippen LogP contribution < -0.4 is 15.5 Å². The third-order valence-corrected chi connectivity index (χ3v) is 5.43. The number of aromatic amines is 1. The van der Waals surface area contributed by atoms with Gasteiger partial charge in [-0.25, -0.2) is 4.98 Å². The maximum absolute atomic E-state index is 6.38. The van der Waals surface area contributed by atoms with Crippen LogP contribution in [0.4, 0.5) is 5.69 Å². The summed E-state index contributed by atoms with van der Waals surface area (Å²) in [6, 6.07) is 12.0. The number of hydrogen-bond donors (Lipinski definition) is 3. The van der Waals surface area contributed by atoms with Gasteiger partial charge in [-0.15, -0.1) is 0 Å². The van der Waals surface area contributed by atoms with Gasteiger partial charge in [0.1, 0.15) is 5.82 Å². The summed E-state index contributed by atoms with van der Waals surface area (Å²) in [5.74, 6) is 2.81. The number of halogens is 1. The van der Waals surface area contributed by atoms with E-state index in [1.54, 1.807) is 13.3 Å². The lowest BCUT2D eigenvalue weighted by molar-refractivity contribution is 0.468. The summed E-state index contributed by atoms with van der Waals surface area (Å²) in [7, 11) is 1.79. The molecule has 158 valence electrons. The van der Waals surface area contributed by atoms with E-state index in [4.69, 9.17) is 16.0 Å². The van der Waals surface area contributed by atoms with Crippen molar-refractivity contribution in [2.24, 2.45) is 4.99 Å². The monoisotopic (exact) mass is 427 g/mol. The molecule has 0 saturated carbocycles. The minimum absolute atomic E-state index is 0.303. The van der Waals surface area contributed by atoms with E-state index in [9.17, 15) is 0 Å². The summed E-state index contributed by atoms with van der Waals surface area (Å²) in [5, 5.41) is 14.8. The summed E-state index contributed by atoms with van der Waals surface area (Å²) in [6.07, 6.45) is 4.51. The fraction of sp³-hybridized carbons (Fsp3) is 0.381. The van der Waals surface area contributed by atoms with Crippen LogP contribution in [0, 0.1) is 0 Å². The second-order valence-corrected chi connectivity index (χ2v) is 7.62. The van der Waals surface area contributed by atoms with E-state index in [0.717, 1.165) is 48.4 Å². The van der Waals surface area contributed by atoms with Gasteiger partial charge in [0.15, 0.2) is 11.7 Å². The van der Waals surface area contributed by atoms with Gasteiger partial charge in [0.05, 0.1) is 17.0 Å². The zero-order valence-electron chi connectivity index (χ0n) is 16.9. The van der Waals surface area contributed by atoms with Crippen molar-refractivity contribution >= 4 is 23.2 Å². The number of aromatic nitrogens is 3. The van der Waals surface area contributed by atoms with Gasteiger partial charge in [-0.05, 0) is 37.1 Å². The Hall–Kier alpha value is -3.00. The van der Waals surface area contributed by atoms with Crippen molar-refractivity contribution in [3.8, 4) is 11.6 Å². The predicted molar refractivity (Wildman–Crippen MR) is 119 cm³/mol. The Morgan fingerprint density at radius 1 is 1.33 bits per heavy atom. The lowest BCUT2D eigenvalue weighted by Crippen LogP contribution is -2.51. The first-order valence-electron chi connectivity index (χ1n) is 10.1. The highest BCUT2D eigenvalue weighted by Gasteiger charge is 2.22. The number of furan rings is 1. The lowest BCUT2D eigenvalue weighted by atomic mass is 10.0. The zero-order valence-corrected chi connectivity index (χ0v) is 17.7. The maximum atomic E-state index is 6.38. The van der Waals surface area contributed by atoms with Crippen LogP contribution in [0.15, 0.2) is 52.1 Å². The number of nitrogens with one attached hydrogen (secondary N) is 3. The molecule has 0 amide bonds. The van der Waals surface area contributed by atoms with E-state index >= 15 is 0 Å². The summed E-state index contributed by atoms with van der Waals surface area (Å²) in [6.45, 7) is 2.59. The van der Waals surface area contributed by atoms with Crippen molar-refractivity contribution < 1.29 is 4.42 Å². The molecule has 2 aromatic heterocycles. The van der Waals surface area contributed by atoms with E-state index in [2.05, 4.69) is 41.8 Å². The lowest BCUT2D eigenvalue weighted by Gasteiger charge is -2.35. The fourth-order valence-electron chi connectivity index (χ4n) is 3.63. The van der Waals surface area contributed by atoms with Gasteiger partial charge < -0.3 is 20.0 Å². The summed E-state index contributed by atoms with van der Waals surface area (Å²) in [4.78, 5) is 11.2. The highest BCUT2D eigenvalue weighted by Crippen LogP contribution is 2.27. The second kappa shape index (κ2) is 9.67. The van der Waals surface area contributed by atoms with E-state index in [-0.39, 0.29) is 0 Å². The first-order chi connectivity index (χ1) is 14.7. The average molecular weight is 428 g/mol. The number of rotatable bonds is 6. The number of guanidine groups is 1. The number of nitrogens with zero attached hydrogens (tertiary/aromatic N) is 4. The molecule has 3 N–H and O–H groups in total. The normalized spacial score (nSPS) is 17.2. The minimum Gasteiger partial charge on any atom is -0.461 e. The van der Waals surface area contributed by atoms with Crippen LogP contribution >= 0.6 is 11.6 Å². The largest absolute Gasteiger partial charge is 0.461 e. The van der Waals surface area contributed by atoms with Gasteiger partial charge in [-0.2, -0.15) is 5.10 Å². The molecular formula is C21H26ClN7O. The van der Waals surface area contributed by atoms with Crippen LogP contribution in [-0.2, 0) is 6.42 Å². The molecule has 1 unspecified atom stereocenters. The minimum atomic E-state index is 0.303. The maximum Gasteiger partial charge on any atom is 0.216 e. The molecule has 0 spiro atoms. The SMILES string of the molecule is CN=C(NCCc1nc(-c2ccco2)n[nH]1)NC1CCCN(c2ccccc2Cl)C1. The van der Waals surface area contributed by atoms with Gasteiger partial charge in [-0.1, -0.05) is 23.7 Å². The van der Waals surface area contributed by atoms with Crippen LogP contribution in [0.2, 0.25) is 5.02 Å². The molecule has 8 nitrogen and oxygen atoms in total. The molecule has 1 saturated heterocycles. The molecule has 4 rings (SSSR count). The predicted octanol–water partition coefficient (Wildman–Crippen LogP) is 3.09. The van der Waals surface area contributed by atoms with Gasteiger partial charge in [0.2, 0.25) is 5.82 Å². The Kier molecular flexibility index (Phi) is 6.53. The zero-order chi connectivity index (χ0) is 20.8. The number of H-pyrrole nitrogens is 1. The Bertz CT molecular complexity index is 969. The highest BCUT2D eigenvalue weighted by molar-refractivity contribution is 6.33. The van der Waals surface area contributed by atoms with Crippen molar-refractivity contribution in [1.82, 2.24) is 25.8 Å². The fourth-order valence-corrected chi connectivity index (χ4v) is 3.89. The number of piperidine rings is 1. The first-order valence-corrected chi connectivity index (χ1v) is 10.5. The van der Waals surface area contributed by atoms with Crippen molar-refractivity contribution in [1.29, 1.82) is 0 Å². The van der Waals surface area contributed by atoms with Crippen LogP contribution in [0.1, 0.15) is 18.7 Å². The van der Waals surface area contributed by atoms with E-state index in [1.165, 1.54) is 0 Å². The molecule has 3 aromatic rings. The number of aliphatic imine (C=N–C) groups is 1. The molecule has 1 aliphatic heterocycles. The van der Waals surface area contributed by atoms with Crippen molar-refractivity contribution in [3.05, 3.63) is 53.5 Å². The Labute approximate surface area is 180 Å². The smallest absolute Gasteiger partial charge is 0.216 e. The quantitative estimate of drug-likeness (QED) is 0.413. The van der Waals surface area contributed by atoms with Gasteiger partial charge >= 0.3 is 0 Å². The summed E-state index contributed by atoms with van der Waals surface area (Å²) >= 11 is 6.38. The van der Waals surface area contributed by atoms with Gasteiger partial charge in [-0.3, -0.25) is 10.1 Å². The molecule has 9 heteroatoms. The van der Waals surface area contributed by atoms with Gasteiger partial charge in [0, 0.05) is 39.1 Å². The van der Waals surface area contributed by atoms with Crippen molar-refractivity contribution in [2.75, 3.05) is 31.6 Å². The van der Waals surface area contributed by atoms with Gasteiger partial charge in [0.25, 0.3) is 0 Å². The Morgan fingerprint density at radius 2 is 2.23 bits per heavy atom. The molecule has 0 aliphatic carbocycles. The van der Waals surface area contributed by atoms with E-state index < -0.39 is 0 Å². The summed E-state index contributed by atoms with van der Waals surface area (Å²) < 4.78 is 5.32. The standard InChI is InChI=1S/C21H26ClN7O/c1-23-21(24-11-10-19-26-20(28-27-19)18-9-5-13-30-18)25-15-6-4-12-29(14-15)17-8-3-2-7-16(17)22/h2-3,5,7-9,13,15H,4,6,10-12,14H2,1H3,(H2,23,24,25)(H,26,27,28). The van der Waals surface area contributed by atoms with E-state index in [1.807, 2.05) is 30.3 Å². The third kappa shape index (κ3) is 4.94. The molecule has 3 heterocycles. The molecule has 30 heavy (non-hydrogen) atoms. The van der Waals surface area contributed by atoms with Crippen molar-refractivity contribution in [3.63, 3.8) is 0 Å². The van der Waals surface area contributed by atoms with E-state index in [0.29, 0.717) is 30.6 Å². The topological polar surface area (TPSA) is 94.4 Å². The average Bonchev–Trinajstić information content (AvgIpc) is 3.45. The number of hydrogen-bond acceptors (Lipinski definition) is 5.